The zero-order valence-corrected chi connectivity index (χ0v) is 11.7. The van der Waals surface area contributed by atoms with E-state index in [0.29, 0.717) is 6.01 Å². The zero-order valence-electron chi connectivity index (χ0n) is 10.9. The van der Waals surface area contributed by atoms with E-state index >= 15 is 0 Å². The molecule has 0 saturated heterocycles. The van der Waals surface area contributed by atoms with Gasteiger partial charge in [-0.05, 0) is 25.5 Å². The molecular formula is C14H15N3OS. The van der Waals surface area contributed by atoms with E-state index < -0.39 is 0 Å². The first-order valence-electron chi connectivity index (χ1n) is 6.33. The molecule has 1 atom stereocenters. The fourth-order valence-corrected chi connectivity index (χ4v) is 2.73. The highest BCUT2D eigenvalue weighted by Gasteiger charge is 2.13. The average molecular weight is 273 g/mol. The molecule has 3 aromatic rings. The summed E-state index contributed by atoms with van der Waals surface area (Å²) in [4.78, 5) is 10.1. The molecule has 0 aliphatic carbocycles. The van der Waals surface area contributed by atoms with E-state index in [9.17, 15) is 0 Å². The van der Waals surface area contributed by atoms with Gasteiger partial charge in [0.25, 0.3) is 6.01 Å². The number of rotatable bonds is 4. The number of anilines is 1. The molecule has 3 rings (SSSR count). The molecule has 1 unspecified atom stereocenters. The number of nitrogens with one attached hydrogen (secondary N) is 1. The van der Waals surface area contributed by atoms with Crippen LogP contribution in [0, 0.1) is 0 Å². The lowest BCUT2D eigenvalue weighted by Gasteiger charge is -2.07. The van der Waals surface area contributed by atoms with Crippen LogP contribution < -0.4 is 5.32 Å². The lowest BCUT2D eigenvalue weighted by atomic mass is 10.3. The van der Waals surface area contributed by atoms with Gasteiger partial charge >= 0.3 is 0 Å². The zero-order chi connectivity index (χ0) is 13.2. The number of hydrogen-bond acceptors (Lipinski definition) is 5. The Morgan fingerprint density at radius 3 is 2.95 bits per heavy atom. The summed E-state index contributed by atoms with van der Waals surface area (Å²) in [6.07, 6.45) is 2.96. The molecule has 1 aromatic carbocycles. The van der Waals surface area contributed by atoms with Crippen LogP contribution in [-0.2, 0) is 6.42 Å². The fourth-order valence-electron chi connectivity index (χ4n) is 1.87. The Kier molecular flexibility index (Phi) is 3.21. The molecular weight excluding hydrogens is 258 g/mol. The van der Waals surface area contributed by atoms with Crippen molar-refractivity contribution in [3.8, 4) is 0 Å². The number of aromatic nitrogens is 2. The van der Waals surface area contributed by atoms with E-state index in [1.807, 2.05) is 30.5 Å². The van der Waals surface area contributed by atoms with Crippen molar-refractivity contribution in [2.45, 2.75) is 26.3 Å². The summed E-state index contributed by atoms with van der Waals surface area (Å²) in [6, 6.07) is 8.38. The van der Waals surface area contributed by atoms with Crippen molar-refractivity contribution < 1.29 is 4.42 Å². The van der Waals surface area contributed by atoms with E-state index in [2.05, 4.69) is 29.1 Å². The summed E-state index contributed by atoms with van der Waals surface area (Å²) in [7, 11) is 0. The van der Waals surface area contributed by atoms with E-state index in [-0.39, 0.29) is 6.04 Å². The predicted molar refractivity (Wildman–Crippen MR) is 77.5 cm³/mol. The average Bonchev–Trinajstić information content (AvgIpc) is 3.04. The SMILES string of the molecule is CCc1cnc(C(C)Nc2nc3ccccc3o2)s1. The van der Waals surface area contributed by atoms with Gasteiger partial charge in [0.15, 0.2) is 5.58 Å². The number of fused-ring (bicyclic) bond motifs is 1. The van der Waals surface area contributed by atoms with Gasteiger partial charge in [-0.1, -0.05) is 19.1 Å². The molecule has 0 bridgehead atoms. The number of benzene rings is 1. The Hall–Kier alpha value is -1.88. The highest BCUT2D eigenvalue weighted by molar-refractivity contribution is 7.11. The van der Waals surface area contributed by atoms with Crippen molar-refractivity contribution in [3.63, 3.8) is 0 Å². The Balaban J connectivity index is 1.80. The van der Waals surface area contributed by atoms with Gasteiger partial charge in [0.2, 0.25) is 0 Å². The first-order chi connectivity index (χ1) is 9.26. The van der Waals surface area contributed by atoms with Gasteiger partial charge in [0.05, 0.1) is 6.04 Å². The molecule has 0 amide bonds. The van der Waals surface area contributed by atoms with Crippen LogP contribution in [0.5, 0.6) is 0 Å². The molecule has 0 fully saturated rings. The summed E-state index contributed by atoms with van der Waals surface area (Å²) in [5, 5.41) is 4.31. The number of aryl methyl sites for hydroxylation is 1. The quantitative estimate of drug-likeness (QED) is 0.780. The second kappa shape index (κ2) is 5.01. The third-order valence-electron chi connectivity index (χ3n) is 2.92. The lowest BCUT2D eigenvalue weighted by Crippen LogP contribution is -2.06. The molecule has 1 N–H and O–H groups in total. The number of oxazole rings is 1. The van der Waals surface area contributed by atoms with Crippen LogP contribution in [0.15, 0.2) is 34.9 Å². The fraction of sp³-hybridized carbons (Fsp3) is 0.286. The number of hydrogen-bond donors (Lipinski definition) is 1. The third kappa shape index (κ3) is 2.46. The predicted octanol–water partition coefficient (Wildman–Crippen LogP) is 4.02. The molecule has 2 aromatic heterocycles. The Bertz CT molecular complexity index is 656. The van der Waals surface area contributed by atoms with Crippen LogP contribution in [0.3, 0.4) is 0 Å². The second-order valence-electron chi connectivity index (χ2n) is 4.37. The van der Waals surface area contributed by atoms with E-state index in [1.165, 1.54) is 4.88 Å². The maximum atomic E-state index is 5.65. The van der Waals surface area contributed by atoms with Crippen LogP contribution in [-0.4, -0.2) is 9.97 Å². The number of nitrogens with zero attached hydrogens (tertiary/aromatic N) is 2. The normalized spacial score (nSPS) is 12.7. The minimum Gasteiger partial charge on any atom is -0.424 e. The van der Waals surface area contributed by atoms with Gasteiger partial charge in [-0.25, -0.2) is 4.98 Å². The van der Waals surface area contributed by atoms with Crippen LogP contribution >= 0.6 is 11.3 Å². The van der Waals surface area contributed by atoms with Gasteiger partial charge in [0, 0.05) is 11.1 Å². The molecule has 2 heterocycles. The van der Waals surface area contributed by atoms with E-state index in [1.54, 1.807) is 11.3 Å². The summed E-state index contributed by atoms with van der Waals surface area (Å²) >= 11 is 1.72. The van der Waals surface area contributed by atoms with Gasteiger partial charge in [-0.2, -0.15) is 4.98 Å². The maximum Gasteiger partial charge on any atom is 0.296 e. The van der Waals surface area contributed by atoms with Crippen molar-refractivity contribution in [2.75, 3.05) is 5.32 Å². The van der Waals surface area contributed by atoms with Crippen LogP contribution in [0.2, 0.25) is 0 Å². The van der Waals surface area contributed by atoms with Gasteiger partial charge in [-0.15, -0.1) is 11.3 Å². The van der Waals surface area contributed by atoms with Crippen molar-refractivity contribution in [3.05, 3.63) is 40.3 Å². The lowest BCUT2D eigenvalue weighted by molar-refractivity contribution is 0.603. The second-order valence-corrected chi connectivity index (χ2v) is 5.52. The standard InChI is InChI=1S/C14H15N3OS/c1-3-10-8-15-13(19-10)9(2)16-14-17-11-6-4-5-7-12(11)18-14/h4-9H,3H2,1-2H3,(H,16,17). The summed E-state index contributed by atoms with van der Waals surface area (Å²) in [6.45, 7) is 4.20. The molecule has 98 valence electrons. The van der Waals surface area contributed by atoms with Crippen molar-refractivity contribution >= 4 is 28.5 Å². The monoisotopic (exact) mass is 273 g/mol. The number of thiazole rings is 1. The first-order valence-corrected chi connectivity index (χ1v) is 7.14. The van der Waals surface area contributed by atoms with Gasteiger partial charge in [0.1, 0.15) is 10.5 Å². The van der Waals surface area contributed by atoms with Crippen LogP contribution in [0.1, 0.15) is 29.8 Å². The highest BCUT2D eigenvalue weighted by atomic mass is 32.1. The Morgan fingerprint density at radius 2 is 2.21 bits per heavy atom. The van der Waals surface area contributed by atoms with E-state index in [0.717, 1.165) is 22.5 Å². The molecule has 19 heavy (non-hydrogen) atoms. The maximum absolute atomic E-state index is 5.65. The van der Waals surface area contributed by atoms with Gasteiger partial charge < -0.3 is 9.73 Å². The smallest absolute Gasteiger partial charge is 0.296 e. The van der Waals surface area contributed by atoms with Gasteiger partial charge in [-0.3, -0.25) is 0 Å². The largest absolute Gasteiger partial charge is 0.424 e. The molecule has 4 nitrogen and oxygen atoms in total. The third-order valence-corrected chi connectivity index (χ3v) is 4.25. The molecule has 0 aliphatic rings. The Morgan fingerprint density at radius 1 is 1.37 bits per heavy atom. The summed E-state index contributed by atoms with van der Waals surface area (Å²) < 4.78 is 5.65. The highest BCUT2D eigenvalue weighted by Crippen LogP contribution is 2.25. The van der Waals surface area contributed by atoms with Crippen molar-refractivity contribution in [1.82, 2.24) is 9.97 Å². The summed E-state index contributed by atoms with van der Waals surface area (Å²) in [5.74, 6) is 0. The Labute approximate surface area is 115 Å². The van der Waals surface area contributed by atoms with Crippen molar-refractivity contribution in [1.29, 1.82) is 0 Å². The number of para-hydroxylation sites is 2. The minimum atomic E-state index is 0.0957. The molecule has 5 heteroatoms. The van der Waals surface area contributed by atoms with Crippen molar-refractivity contribution in [2.24, 2.45) is 0 Å². The summed E-state index contributed by atoms with van der Waals surface area (Å²) in [5.41, 5.74) is 1.66. The topological polar surface area (TPSA) is 51.0 Å². The first kappa shape index (κ1) is 12.2. The van der Waals surface area contributed by atoms with Crippen LogP contribution in [0.25, 0.3) is 11.1 Å². The molecule has 0 aliphatic heterocycles. The minimum absolute atomic E-state index is 0.0957. The molecule has 0 spiro atoms. The molecule has 0 radical (unpaired) electrons. The molecule has 0 saturated carbocycles. The van der Waals surface area contributed by atoms with Crippen LogP contribution in [0.4, 0.5) is 6.01 Å². The van der Waals surface area contributed by atoms with E-state index in [4.69, 9.17) is 4.42 Å².